The minimum Gasteiger partial charge on any atom is -0.350 e. The fraction of sp³-hybridized carbons (Fsp3) is 0.167. The van der Waals surface area contributed by atoms with Gasteiger partial charge in [0, 0.05) is 24.0 Å². The van der Waals surface area contributed by atoms with Gasteiger partial charge in [-0.15, -0.1) is 0 Å². The number of benzene rings is 1. The average molecular weight is 367 g/mol. The number of hydrogen-bond donors (Lipinski definition) is 1. The minimum absolute atomic E-state index is 0.0355. The van der Waals surface area contributed by atoms with E-state index in [4.69, 9.17) is 11.6 Å². The first-order chi connectivity index (χ1) is 9.34. The fourth-order valence-corrected chi connectivity index (χ4v) is 1.96. The molecule has 0 bridgehead atoms. The van der Waals surface area contributed by atoms with Crippen LogP contribution in [0.4, 0.5) is 19.1 Å². The van der Waals surface area contributed by atoms with Crippen LogP contribution in [-0.2, 0) is 12.7 Å². The Kier molecular flexibility index (Phi) is 4.49. The second kappa shape index (κ2) is 5.97. The number of alkyl halides is 3. The minimum atomic E-state index is -4.42. The summed E-state index contributed by atoms with van der Waals surface area (Å²) in [6, 6.07) is 3.39. The summed E-state index contributed by atoms with van der Waals surface area (Å²) in [6.45, 7) is 0.144. The normalized spacial score (nSPS) is 11.4. The summed E-state index contributed by atoms with van der Waals surface area (Å²) >= 11 is 8.88. The van der Waals surface area contributed by atoms with E-state index in [0.717, 1.165) is 12.1 Å². The van der Waals surface area contributed by atoms with Crippen LogP contribution in [0.15, 0.2) is 35.1 Å². The lowest BCUT2D eigenvalue weighted by Crippen LogP contribution is -2.08. The predicted molar refractivity (Wildman–Crippen MR) is 73.5 cm³/mol. The molecule has 0 spiro atoms. The highest BCUT2D eigenvalue weighted by Crippen LogP contribution is 2.32. The van der Waals surface area contributed by atoms with Crippen molar-refractivity contribution in [2.24, 2.45) is 0 Å². The largest absolute Gasteiger partial charge is 0.416 e. The Hall–Kier alpha value is -1.34. The number of halogens is 5. The molecule has 0 saturated heterocycles. The van der Waals surface area contributed by atoms with E-state index in [1.807, 2.05) is 0 Å². The van der Waals surface area contributed by atoms with E-state index in [-0.39, 0.29) is 11.6 Å². The number of rotatable bonds is 3. The molecular formula is C12H8BrClF3N3. The molecule has 106 valence electrons. The predicted octanol–water partition coefficient (Wildman–Crippen LogP) is 4.52. The van der Waals surface area contributed by atoms with Crippen molar-refractivity contribution in [2.45, 2.75) is 12.7 Å². The van der Waals surface area contributed by atoms with Crippen LogP contribution in [0.1, 0.15) is 11.1 Å². The van der Waals surface area contributed by atoms with Gasteiger partial charge in [-0.1, -0.05) is 11.6 Å². The summed E-state index contributed by atoms with van der Waals surface area (Å²) in [5, 5.41) is 2.86. The van der Waals surface area contributed by atoms with Gasteiger partial charge in [0.1, 0.15) is 0 Å². The van der Waals surface area contributed by atoms with Crippen molar-refractivity contribution in [3.63, 3.8) is 0 Å². The van der Waals surface area contributed by atoms with Gasteiger partial charge >= 0.3 is 6.18 Å². The average Bonchev–Trinajstić information content (AvgIpc) is 2.36. The molecule has 0 saturated carbocycles. The lowest BCUT2D eigenvalue weighted by molar-refractivity contribution is -0.137. The Balaban J connectivity index is 2.13. The van der Waals surface area contributed by atoms with Gasteiger partial charge in [0.05, 0.1) is 10.0 Å². The smallest absolute Gasteiger partial charge is 0.350 e. The molecule has 0 atom stereocenters. The first-order valence-corrected chi connectivity index (χ1v) is 6.60. The maximum absolute atomic E-state index is 12.6. The van der Waals surface area contributed by atoms with Crippen molar-refractivity contribution in [2.75, 3.05) is 5.32 Å². The molecule has 8 heteroatoms. The summed E-state index contributed by atoms with van der Waals surface area (Å²) in [7, 11) is 0. The van der Waals surface area contributed by atoms with Crippen molar-refractivity contribution in [1.29, 1.82) is 0 Å². The quantitative estimate of drug-likeness (QED) is 0.868. The number of hydrogen-bond acceptors (Lipinski definition) is 3. The summed E-state index contributed by atoms with van der Waals surface area (Å²) in [5.74, 6) is 0.321. The highest BCUT2D eigenvalue weighted by atomic mass is 79.9. The zero-order valence-corrected chi connectivity index (χ0v) is 12.2. The van der Waals surface area contributed by atoms with E-state index < -0.39 is 11.7 Å². The first-order valence-electron chi connectivity index (χ1n) is 5.43. The van der Waals surface area contributed by atoms with Crippen molar-refractivity contribution in [3.05, 3.63) is 51.2 Å². The van der Waals surface area contributed by atoms with Crippen LogP contribution >= 0.6 is 27.5 Å². The molecular weight excluding hydrogens is 359 g/mol. The highest BCUT2D eigenvalue weighted by molar-refractivity contribution is 9.10. The second-order valence-corrected chi connectivity index (χ2v) is 5.28. The standard InChI is InChI=1S/C12H8BrClF3N3/c13-9-5-19-11(20-6-9)18-4-7-1-8(12(15,16)17)3-10(14)2-7/h1-3,5-6H,4H2,(H,18,19,20). The molecule has 2 aromatic rings. The van der Waals surface area contributed by atoms with Crippen LogP contribution in [0.2, 0.25) is 5.02 Å². The molecule has 0 unspecified atom stereocenters. The van der Waals surface area contributed by atoms with Crippen LogP contribution in [-0.4, -0.2) is 9.97 Å². The van der Waals surface area contributed by atoms with Gasteiger partial charge in [-0.2, -0.15) is 13.2 Å². The van der Waals surface area contributed by atoms with E-state index in [9.17, 15) is 13.2 Å². The number of nitrogens with zero attached hydrogens (tertiary/aromatic N) is 2. The van der Waals surface area contributed by atoms with Crippen LogP contribution in [0.25, 0.3) is 0 Å². The van der Waals surface area contributed by atoms with E-state index in [1.54, 1.807) is 0 Å². The van der Waals surface area contributed by atoms with E-state index in [2.05, 4.69) is 31.2 Å². The molecule has 0 aliphatic rings. The first kappa shape index (κ1) is 15.1. The van der Waals surface area contributed by atoms with Crippen molar-refractivity contribution >= 4 is 33.5 Å². The van der Waals surface area contributed by atoms with Crippen molar-refractivity contribution in [1.82, 2.24) is 9.97 Å². The SMILES string of the molecule is FC(F)(F)c1cc(Cl)cc(CNc2ncc(Br)cn2)c1. The summed E-state index contributed by atoms with van der Waals surface area (Å²) in [4.78, 5) is 7.93. The molecule has 3 nitrogen and oxygen atoms in total. The molecule has 0 fully saturated rings. The molecule has 0 radical (unpaired) electrons. The number of aromatic nitrogens is 2. The van der Waals surface area contributed by atoms with Gasteiger partial charge in [-0.25, -0.2) is 9.97 Å². The Morgan fingerprint density at radius 2 is 1.80 bits per heavy atom. The zero-order valence-electron chi connectivity index (χ0n) is 9.88. The van der Waals surface area contributed by atoms with E-state index >= 15 is 0 Å². The number of anilines is 1. The van der Waals surface area contributed by atoms with Gasteiger partial charge < -0.3 is 5.32 Å². The Morgan fingerprint density at radius 3 is 2.40 bits per heavy atom. The van der Waals surface area contributed by atoms with Gasteiger partial charge in [-0.05, 0) is 39.7 Å². The molecule has 1 heterocycles. The zero-order chi connectivity index (χ0) is 14.8. The number of nitrogens with one attached hydrogen (secondary N) is 1. The molecule has 20 heavy (non-hydrogen) atoms. The molecule has 1 N–H and O–H groups in total. The summed E-state index contributed by atoms with van der Waals surface area (Å²) in [6.07, 6.45) is -1.35. The van der Waals surface area contributed by atoms with Crippen LogP contribution < -0.4 is 5.32 Å². The van der Waals surface area contributed by atoms with Gasteiger partial charge in [-0.3, -0.25) is 0 Å². The van der Waals surface area contributed by atoms with Gasteiger partial charge in [0.25, 0.3) is 0 Å². The van der Waals surface area contributed by atoms with Gasteiger partial charge in [0.15, 0.2) is 0 Å². The van der Waals surface area contributed by atoms with Crippen LogP contribution in [0.3, 0.4) is 0 Å². The Morgan fingerprint density at radius 1 is 1.15 bits per heavy atom. The summed E-state index contributed by atoms with van der Waals surface area (Å²) in [5.41, 5.74) is -0.380. The fourth-order valence-electron chi connectivity index (χ4n) is 1.50. The third kappa shape index (κ3) is 4.08. The third-order valence-corrected chi connectivity index (χ3v) is 2.98. The molecule has 0 aliphatic carbocycles. The molecule has 0 amide bonds. The van der Waals surface area contributed by atoms with E-state index in [1.165, 1.54) is 18.5 Å². The Labute approximate surface area is 126 Å². The lowest BCUT2D eigenvalue weighted by Gasteiger charge is -2.10. The molecule has 2 rings (SSSR count). The van der Waals surface area contributed by atoms with Crippen LogP contribution in [0.5, 0.6) is 0 Å². The van der Waals surface area contributed by atoms with Gasteiger partial charge in [0.2, 0.25) is 5.95 Å². The molecule has 1 aromatic heterocycles. The highest BCUT2D eigenvalue weighted by Gasteiger charge is 2.31. The maximum Gasteiger partial charge on any atom is 0.416 e. The van der Waals surface area contributed by atoms with Crippen molar-refractivity contribution < 1.29 is 13.2 Å². The van der Waals surface area contributed by atoms with Crippen LogP contribution in [0, 0.1) is 0 Å². The van der Waals surface area contributed by atoms with Crippen molar-refractivity contribution in [3.8, 4) is 0 Å². The monoisotopic (exact) mass is 365 g/mol. The second-order valence-electron chi connectivity index (χ2n) is 3.92. The molecule has 1 aromatic carbocycles. The summed E-state index contributed by atoms with van der Waals surface area (Å²) < 4.78 is 38.7. The third-order valence-electron chi connectivity index (χ3n) is 2.36. The maximum atomic E-state index is 12.6. The molecule has 0 aliphatic heterocycles. The topological polar surface area (TPSA) is 37.8 Å². The van der Waals surface area contributed by atoms with E-state index in [0.29, 0.717) is 16.0 Å². The lowest BCUT2D eigenvalue weighted by atomic mass is 10.1. The Bertz CT molecular complexity index is 602.